The Balaban J connectivity index is 2.22. The van der Waals surface area contributed by atoms with Gasteiger partial charge < -0.3 is 15.1 Å². The first-order valence-electron chi connectivity index (χ1n) is 6.96. The Kier molecular flexibility index (Phi) is 5.91. The van der Waals surface area contributed by atoms with Crippen LogP contribution in [0, 0.1) is 0 Å². The lowest BCUT2D eigenvalue weighted by Crippen LogP contribution is -2.24. The van der Waals surface area contributed by atoms with Gasteiger partial charge in [-0.05, 0) is 25.3 Å². The van der Waals surface area contributed by atoms with Crippen LogP contribution in [-0.2, 0) is 17.9 Å². The van der Waals surface area contributed by atoms with Crippen molar-refractivity contribution in [3.63, 3.8) is 0 Å². The number of thiophene rings is 1. The highest BCUT2D eigenvalue weighted by Crippen LogP contribution is 2.20. The highest BCUT2D eigenvalue weighted by atomic mass is 32.1. The van der Waals surface area contributed by atoms with Crippen molar-refractivity contribution in [1.82, 2.24) is 9.97 Å². The number of ether oxygens (including phenoxy) is 1. The monoisotopic (exact) mass is 307 g/mol. The number of anilines is 2. The molecule has 3 N–H and O–H groups in total. The van der Waals surface area contributed by atoms with E-state index in [-0.39, 0.29) is 0 Å². The van der Waals surface area contributed by atoms with E-state index in [4.69, 9.17) is 10.6 Å². The van der Waals surface area contributed by atoms with Crippen LogP contribution in [0.15, 0.2) is 23.6 Å². The molecule has 6 nitrogen and oxygen atoms in total. The summed E-state index contributed by atoms with van der Waals surface area (Å²) in [6.45, 7) is 6.74. The number of hydrogen-bond donors (Lipinski definition) is 2. The molecule has 0 aliphatic heterocycles. The van der Waals surface area contributed by atoms with Crippen molar-refractivity contribution in [2.24, 2.45) is 5.84 Å². The smallest absolute Gasteiger partial charge is 0.158 e. The minimum Gasteiger partial charge on any atom is -0.374 e. The molecule has 0 radical (unpaired) electrons. The van der Waals surface area contributed by atoms with Crippen molar-refractivity contribution in [3.05, 3.63) is 34.3 Å². The third-order valence-electron chi connectivity index (χ3n) is 2.97. The zero-order valence-electron chi connectivity index (χ0n) is 12.4. The minimum absolute atomic E-state index is 0.385. The first-order chi connectivity index (χ1) is 10.3. The van der Waals surface area contributed by atoms with E-state index in [1.54, 1.807) is 11.3 Å². The number of aromatic nitrogens is 2. The van der Waals surface area contributed by atoms with Gasteiger partial charge in [-0.3, -0.25) is 0 Å². The van der Waals surface area contributed by atoms with Gasteiger partial charge in [0.25, 0.3) is 0 Å². The Morgan fingerprint density at radius 2 is 2.24 bits per heavy atom. The van der Waals surface area contributed by atoms with Crippen LogP contribution in [0.1, 0.15) is 24.5 Å². The van der Waals surface area contributed by atoms with Crippen molar-refractivity contribution < 1.29 is 4.74 Å². The van der Waals surface area contributed by atoms with Gasteiger partial charge in [-0.2, -0.15) is 0 Å². The van der Waals surface area contributed by atoms with Gasteiger partial charge in [0.1, 0.15) is 18.2 Å². The van der Waals surface area contributed by atoms with E-state index >= 15 is 0 Å². The fraction of sp³-hybridized carbons (Fsp3) is 0.429. The zero-order valence-corrected chi connectivity index (χ0v) is 13.2. The summed E-state index contributed by atoms with van der Waals surface area (Å²) in [4.78, 5) is 12.4. The lowest BCUT2D eigenvalue weighted by molar-refractivity contribution is 0.128. The van der Waals surface area contributed by atoms with Gasteiger partial charge in [0.15, 0.2) is 5.82 Å². The lowest BCUT2D eigenvalue weighted by atomic mass is 10.3. The van der Waals surface area contributed by atoms with Gasteiger partial charge in [0, 0.05) is 24.1 Å². The molecule has 0 unspecified atom stereocenters. The Bertz CT molecular complexity index is 546. The molecule has 114 valence electrons. The summed E-state index contributed by atoms with van der Waals surface area (Å²) in [6.07, 6.45) is 0. The van der Waals surface area contributed by atoms with Gasteiger partial charge in [0.2, 0.25) is 0 Å². The third-order valence-corrected chi connectivity index (χ3v) is 3.84. The molecule has 0 aromatic carbocycles. The topological polar surface area (TPSA) is 76.3 Å². The number of nitrogens with zero attached hydrogens (tertiary/aromatic N) is 3. The molecule has 0 aliphatic carbocycles. The van der Waals surface area contributed by atoms with Crippen LogP contribution >= 0.6 is 11.3 Å². The molecule has 0 atom stereocenters. The highest BCUT2D eigenvalue weighted by molar-refractivity contribution is 7.09. The number of hydrazine groups is 1. The highest BCUT2D eigenvalue weighted by Gasteiger charge is 2.11. The van der Waals surface area contributed by atoms with E-state index in [2.05, 4.69) is 44.7 Å². The molecule has 0 fully saturated rings. The quantitative estimate of drug-likeness (QED) is 0.576. The molecule has 0 spiro atoms. The van der Waals surface area contributed by atoms with E-state index < -0.39 is 0 Å². The van der Waals surface area contributed by atoms with Gasteiger partial charge >= 0.3 is 0 Å². The Labute approximate surface area is 128 Å². The normalized spacial score (nSPS) is 10.6. The summed E-state index contributed by atoms with van der Waals surface area (Å²) in [5.41, 5.74) is 2.59. The molecule has 2 aromatic heterocycles. The number of nitrogens with one attached hydrogen (secondary N) is 1. The first kappa shape index (κ1) is 15.7. The van der Waals surface area contributed by atoms with Gasteiger partial charge in [0.05, 0.1) is 6.54 Å². The second-order valence-electron chi connectivity index (χ2n) is 4.40. The number of hydrogen-bond acceptors (Lipinski definition) is 7. The predicted octanol–water partition coefficient (Wildman–Crippen LogP) is 2.39. The maximum atomic E-state index is 5.50. The van der Waals surface area contributed by atoms with Crippen LogP contribution in [0.4, 0.5) is 11.6 Å². The average Bonchev–Trinajstić information content (AvgIpc) is 3.03. The zero-order chi connectivity index (χ0) is 15.1. The largest absolute Gasteiger partial charge is 0.374 e. The molecular formula is C14H21N5OS. The number of nitrogen functional groups attached to an aromatic ring is 1. The van der Waals surface area contributed by atoms with Gasteiger partial charge in [-0.15, -0.1) is 11.3 Å². The molecule has 0 bridgehead atoms. The molecule has 0 amide bonds. The minimum atomic E-state index is 0.385. The molecule has 0 aliphatic rings. The third kappa shape index (κ3) is 4.38. The fourth-order valence-corrected chi connectivity index (χ4v) is 2.64. The molecular weight excluding hydrogens is 286 g/mol. The maximum absolute atomic E-state index is 5.50. The van der Waals surface area contributed by atoms with E-state index in [0.717, 1.165) is 18.9 Å². The van der Waals surface area contributed by atoms with Gasteiger partial charge in [-0.25, -0.2) is 15.8 Å². The standard InChI is InChI=1S/C14H21N5OS/c1-3-19(9-11-6-5-7-21-11)14-8-12(18-15)16-13(17-14)10-20-4-2/h5-8H,3-4,9-10,15H2,1-2H3,(H,16,17,18). The summed E-state index contributed by atoms with van der Waals surface area (Å²) < 4.78 is 5.38. The van der Waals surface area contributed by atoms with Crippen LogP contribution in [0.3, 0.4) is 0 Å². The fourth-order valence-electron chi connectivity index (χ4n) is 1.92. The van der Waals surface area contributed by atoms with E-state index in [1.807, 2.05) is 13.0 Å². The van der Waals surface area contributed by atoms with E-state index in [9.17, 15) is 0 Å². The van der Waals surface area contributed by atoms with Crippen LogP contribution < -0.4 is 16.2 Å². The summed E-state index contributed by atoms with van der Waals surface area (Å²) in [7, 11) is 0. The van der Waals surface area contributed by atoms with Crippen molar-refractivity contribution in [2.45, 2.75) is 27.0 Å². The Morgan fingerprint density at radius 3 is 2.86 bits per heavy atom. The van der Waals surface area contributed by atoms with E-state index in [0.29, 0.717) is 24.9 Å². The van der Waals surface area contributed by atoms with Gasteiger partial charge in [-0.1, -0.05) is 6.07 Å². The summed E-state index contributed by atoms with van der Waals surface area (Å²) in [5.74, 6) is 7.57. The molecule has 21 heavy (non-hydrogen) atoms. The maximum Gasteiger partial charge on any atom is 0.158 e. The van der Waals surface area contributed by atoms with E-state index in [1.165, 1.54) is 4.88 Å². The Morgan fingerprint density at radius 1 is 1.38 bits per heavy atom. The summed E-state index contributed by atoms with van der Waals surface area (Å²) in [5, 5.41) is 2.08. The van der Waals surface area contributed by atoms with Crippen LogP contribution in [0.5, 0.6) is 0 Å². The molecule has 0 saturated carbocycles. The van der Waals surface area contributed by atoms with Crippen LogP contribution in [0.2, 0.25) is 0 Å². The molecule has 0 saturated heterocycles. The SMILES string of the molecule is CCOCc1nc(NN)cc(N(CC)Cc2cccs2)n1. The second kappa shape index (κ2) is 7.92. The first-order valence-corrected chi connectivity index (χ1v) is 7.84. The van der Waals surface area contributed by atoms with Crippen LogP contribution in [0.25, 0.3) is 0 Å². The Hall–Kier alpha value is -1.70. The average molecular weight is 307 g/mol. The molecule has 2 heterocycles. The van der Waals surface area contributed by atoms with Crippen molar-refractivity contribution >= 4 is 23.0 Å². The number of nitrogens with two attached hydrogens (primary N) is 1. The molecule has 2 aromatic rings. The van der Waals surface area contributed by atoms with Crippen molar-refractivity contribution in [1.29, 1.82) is 0 Å². The number of rotatable bonds is 8. The second-order valence-corrected chi connectivity index (χ2v) is 5.43. The lowest BCUT2D eigenvalue weighted by Gasteiger charge is -2.22. The molecule has 2 rings (SSSR count). The van der Waals surface area contributed by atoms with Crippen molar-refractivity contribution in [3.8, 4) is 0 Å². The summed E-state index contributed by atoms with van der Waals surface area (Å²) >= 11 is 1.74. The van der Waals surface area contributed by atoms with Crippen molar-refractivity contribution in [2.75, 3.05) is 23.5 Å². The molecule has 7 heteroatoms. The predicted molar refractivity (Wildman–Crippen MR) is 86.2 cm³/mol. The van der Waals surface area contributed by atoms with Crippen LogP contribution in [-0.4, -0.2) is 23.1 Å². The summed E-state index contributed by atoms with van der Waals surface area (Å²) in [6, 6.07) is 6.03.